The molecular formula is C13H16N2O4S. The van der Waals surface area contributed by atoms with Gasteiger partial charge in [-0.2, -0.15) is 9.57 Å². The van der Waals surface area contributed by atoms with Crippen molar-refractivity contribution in [3.8, 4) is 6.07 Å². The Hall–Kier alpha value is -1.46. The van der Waals surface area contributed by atoms with Gasteiger partial charge in [0.1, 0.15) is 0 Å². The molecule has 1 aromatic rings. The number of hydrogen-bond acceptors (Lipinski definition) is 5. The lowest BCUT2D eigenvalue weighted by Crippen LogP contribution is -2.30. The van der Waals surface area contributed by atoms with Crippen molar-refractivity contribution >= 4 is 10.0 Å². The second-order valence-corrected chi connectivity index (χ2v) is 6.44. The highest BCUT2D eigenvalue weighted by Gasteiger charge is 2.39. The van der Waals surface area contributed by atoms with E-state index in [1.54, 1.807) is 0 Å². The maximum atomic E-state index is 12.5. The molecule has 108 valence electrons. The smallest absolute Gasteiger partial charge is 0.243 e. The predicted octanol–water partition coefficient (Wildman–Crippen LogP) is 0.593. The van der Waals surface area contributed by atoms with E-state index in [-0.39, 0.29) is 30.2 Å². The highest BCUT2D eigenvalue weighted by atomic mass is 32.2. The van der Waals surface area contributed by atoms with E-state index in [1.165, 1.54) is 42.8 Å². The van der Waals surface area contributed by atoms with E-state index in [0.29, 0.717) is 5.56 Å². The number of sulfonamides is 1. The molecule has 0 aromatic heterocycles. The zero-order valence-corrected chi connectivity index (χ0v) is 12.1. The van der Waals surface area contributed by atoms with E-state index in [0.717, 1.165) is 0 Å². The Bertz CT molecular complexity index is 594. The average Bonchev–Trinajstić information content (AvgIpc) is 2.91. The number of ether oxygens (including phenoxy) is 2. The van der Waals surface area contributed by atoms with Crippen molar-refractivity contribution in [2.75, 3.05) is 27.3 Å². The lowest BCUT2D eigenvalue weighted by Gasteiger charge is -2.15. The third-order valence-corrected chi connectivity index (χ3v) is 5.25. The Kier molecular flexibility index (Phi) is 4.40. The fourth-order valence-electron chi connectivity index (χ4n) is 2.21. The fourth-order valence-corrected chi connectivity index (χ4v) is 3.67. The number of benzene rings is 1. The maximum Gasteiger partial charge on any atom is 0.243 e. The quantitative estimate of drug-likeness (QED) is 0.812. The van der Waals surface area contributed by atoms with Crippen LogP contribution in [0.2, 0.25) is 0 Å². The van der Waals surface area contributed by atoms with Crippen molar-refractivity contribution in [2.45, 2.75) is 17.1 Å². The molecule has 1 heterocycles. The molecule has 0 amide bonds. The third-order valence-electron chi connectivity index (χ3n) is 3.41. The molecule has 7 heteroatoms. The van der Waals surface area contributed by atoms with Crippen molar-refractivity contribution in [3.63, 3.8) is 0 Å². The van der Waals surface area contributed by atoms with E-state index < -0.39 is 10.0 Å². The first kappa shape index (κ1) is 14.9. The summed E-state index contributed by atoms with van der Waals surface area (Å²) in [6.07, 6.45) is -0.540. The minimum absolute atomic E-state index is 0.170. The molecule has 0 aliphatic carbocycles. The molecule has 20 heavy (non-hydrogen) atoms. The van der Waals surface area contributed by atoms with Crippen LogP contribution in [0.15, 0.2) is 29.2 Å². The van der Waals surface area contributed by atoms with E-state index in [1.807, 2.05) is 6.07 Å². The van der Waals surface area contributed by atoms with Gasteiger partial charge < -0.3 is 9.47 Å². The van der Waals surface area contributed by atoms with Crippen molar-refractivity contribution in [2.24, 2.45) is 0 Å². The summed E-state index contributed by atoms with van der Waals surface area (Å²) < 4.78 is 36.8. The molecule has 0 N–H and O–H groups in total. The van der Waals surface area contributed by atoms with Crippen LogP contribution >= 0.6 is 0 Å². The SMILES string of the molecule is CO[C@H]1CN(S(=O)(=O)c2ccc(C#N)cc2)C[C@H]1OC. The van der Waals surface area contributed by atoms with Crippen LogP contribution in [0.3, 0.4) is 0 Å². The summed E-state index contributed by atoms with van der Waals surface area (Å²) in [5, 5.41) is 8.73. The van der Waals surface area contributed by atoms with E-state index in [4.69, 9.17) is 14.7 Å². The maximum absolute atomic E-state index is 12.5. The molecule has 0 unspecified atom stereocenters. The summed E-state index contributed by atoms with van der Waals surface area (Å²) in [5.41, 5.74) is 0.426. The number of nitrogens with zero attached hydrogens (tertiary/aromatic N) is 2. The van der Waals surface area contributed by atoms with Gasteiger partial charge in [-0.15, -0.1) is 0 Å². The second kappa shape index (κ2) is 5.89. The van der Waals surface area contributed by atoms with Gasteiger partial charge in [-0.05, 0) is 24.3 Å². The summed E-state index contributed by atoms with van der Waals surface area (Å²) in [5.74, 6) is 0. The first-order valence-corrected chi connectivity index (χ1v) is 7.53. The fraction of sp³-hybridized carbons (Fsp3) is 0.462. The molecule has 0 bridgehead atoms. The zero-order chi connectivity index (χ0) is 14.8. The molecular weight excluding hydrogens is 280 g/mol. The van der Waals surface area contributed by atoms with Crippen molar-refractivity contribution in [1.29, 1.82) is 5.26 Å². The van der Waals surface area contributed by atoms with Crippen LogP contribution in [-0.4, -0.2) is 52.2 Å². The number of nitriles is 1. The van der Waals surface area contributed by atoms with Gasteiger partial charge >= 0.3 is 0 Å². The van der Waals surface area contributed by atoms with Gasteiger partial charge in [-0.1, -0.05) is 0 Å². The minimum Gasteiger partial charge on any atom is -0.377 e. The van der Waals surface area contributed by atoms with Crippen molar-refractivity contribution in [3.05, 3.63) is 29.8 Å². The Labute approximate surface area is 118 Å². The number of hydrogen-bond donors (Lipinski definition) is 0. The second-order valence-electron chi connectivity index (χ2n) is 4.51. The Morgan fingerprint density at radius 1 is 1.15 bits per heavy atom. The van der Waals surface area contributed by atoms with Crippen LogP contribution < -0.4 is 0 Å². The van der Waals surface area contributed by atoms with Crippen LogP contribution in [0.25, 0.3) is 0 Å². The first-order valence-electron chi connectivity index (χ1n) is 6.09. The normalized spacial score (nSPS) is 23.6. The molecule has 0 spiro atoms. The summed E-state index contributed by atoms with van der Waals surface area (Å²) in [6.45, 7) is 0.523. The topological polar surface area (TPSA) is 79.6 Å². The molecule has 1 saturated heterocycles. The van der Waals surface area contributed by atoms with E-state index in [9.17, 15) is 8.42 Å². The molecule has 0 saturated carbocycles. The molecule has 2 atom stereocenters. The predicted molar refractivity (Wildman–Crippen MR) is 71.5 cm³/mol. The molecule has 1 aromatic carbocycles. The molecule has 0 radical (unpaired) electrons. The van der Waals surface area contributed by atoms with Crippen LogP contribution in [0, 0.1) is 11.3 Å². The van der Waals surface area contributed by atoms with E-state index >= 15 is 0 Å². The van der Waals surface area contributed by atoms with Crippen LogP contribution in [-0.2, 0) is 19.5 Å². The lowest BCUT2D eigenvalue weighted by atomic mass is 10.2. The molecule has 1 fully saturated rings. The van der Waals surface area contributed by atoms with Gasteiger partial charge in [0.2, 0.25) is 10.0 Å². The average molecular weight is 296 g/mol. The van der Waals surface area contributed by atoms with Gasteiger partial charge in [-0.25, -0.2) is 8.42 Å². The summed E-state index contributed by atoms with van der Waals surface area (Å²) >= 11 is 0. The molecule has 1 aliphatic rings. The summed E-state index contributed by atoms with van der Waals surface area (Å²) in [6, 6.07) is 7.82. The largest absolute Gasteiger partial charge is 0.377 e. The number of methoxy groups -OCH3 is 2. The monoisotopic (exact) mass is 296 g/mol. The van der Waals surface area contributed by atoms with Gasteiger partial charge in [-0.3, -0.25) is 0 Å². The van der Waals surface area contributed by atoms with E-state index in [2.05, 4.69) is 0 Å². The van der Waals surface area contributed by atoms with Gasteiger partial charge in [0, 0.05) is 27.3 Å². The third kappa shape index (κ3) is 2.69. The molecule has 1 aliphatic heterocycles. The van der Waals surface area contributed by atoms with Crippen molar-refractivity contribution in [1.82, 2.24) is 4.31 Å². The Balaban J connectivity index is 2.25. The van der Waals surface area contributed by atoms with Gasteiger partial charge in [0.05, 0.1) is 28.7 Å². The molecule has 6 nitrogen and oxygen atoms in total. The van der Waals surface area contributed by atoms with Gasteiger partial charge in [0.25, 0.3) is 0 Å². The number of rotatable bonds is 4. The zero-order valence-electron chi connectivity index (χ0n) is 11.3. The summed E-state index contributed by atoms with van der Waals surface area (Å²) in [7, 11) is -0.513. The van der Waals surface area contributed by atoms with Crippen LogP contribution in [0.1, 0.15) is 5.56 Å². The highest BCUT2D eigenvalue weighted by Crippen LogP contribution is 2.24. The minimum atomic E-state index is -3.59. The standard InChI is InChI=1S/C13H16N2O4S/c1-18-12-8-15(9-13(12)19-2)20(16,17)11-5-3-10(7-14)4-6-11/h3-6,12-13H,8-9H2,1-2H3/t12-,13+. The highest BCUT2D eigenvalue weighted by molar-refractivity contribution is 7.89. The Morgan fingerprint density at radius 2 is 1.65 bits per heavy atom. The Morgan fingerprint density at radius 3 is 2.05 bits per heavy atom. The molecule has 2 rings (SSSR count). The first-order chi connectivity index (χ1) is 9.52. The van der Waals surface area contributed by atoms with Gasteiger partial charge in [0.15, 0.2) is 0 Å². The van der Waals surface area contributed by atoms with Crippen LogP contribution in [0.4, 0.5) is 0 Å². The van der Waals surface area contributed by atoms with Crippen molar-refractivity contribution < 1.29 is 17.9 Å². The van der Waals surface area contributed by atoms with Crippen LogP contribution in [0.5, 0.6) is 0 Å². The summed E-state index contributed by atoms with van der Waals surface area (Å²) in [4.78, 5) is 0.170. The lowest BCUT2D eigenvalue weighted by molar-refractivity contribution is -0.00461.